The lowest BCUT2D eigenvalue weighted by atomic mass is 9.91. The van der Waals surface area contributed by atoms with Gasteiger partial charge in [-0.3, -0.25) is 9.59 Å². The van der Waals surface area contributed by atoms with Gasteiger partial charge in [-0.25, -0.2) is 0 Å². The molecule has 0 amide bonds. The van der Waals surface area contributed by atoms with Gasteiger partial charge in [0.2, 0.25) is 0 Å². The molecule has 4 aromatic rings. The molecule has 4 aromatic carbocycles. The highest BCUT2D eigenvalue weighted by Crippen LogP contribution is 2.32. The van der Waals surface area contributed by atoms with Gasteiger partial charge in [-0.05, 0) is 79.9 Å². The van der Waals surface area contributed by atoms with E-state index in [-0.39, 0.29) is 16.9 Å². The van der Waals surface area contributed by atoms with Crippen molar-refractivity contribution in [3.05, 3.63) is 135 Å². The maximum absolute atomic E-state index is 12.9. The van der Waals surface area contributed by atoms with E-state index < -0.39 is 5.60 Å². The quantitative estimate of drug-likeness (QED) is 0.160. The largest absolute Gasteiger partial charge is 0.483 e. The molecular formula is C32H28Cl2O3. The van der Waals surface area contributed by atoms with Crippen molar-refractivity contribution in [3.63, 3.8) is 0 Å². The number of rotatable bonds is 9. The van der Waals surface area contributed by atoms with E-state index in [2.05, 4.69) is 6.92 Å². The van der Waals surface area contributed by atoms with Crippen molar-refractivity contribution < 1.29 is 14.3 Å². The second-order valence-corrected chi connectivity index (χ2v) is 10.3. The Morgan fingerprint density at radius 1 is 0.730 bits per heavy atom. The molecule has 0 N–H and O–H groups in total. The van der Waals surface area contributed by atoms with Crippen LogP contribution >= 0.6 is 23.2 Å². The highest BCUT2D eigenvalue weighted by atomic mass is 35.5. The van der Waals surface area contributed by atoms with Gasteiger partial charge >= 0.3 is 0 Å². The van der Waals surface area contributed by atoms with Gasteiger partial charge in [0, 0.05) is 27.3 Å². The predicted octanol–water partition coefficient (Wildman–Crippen LogP) is 8.81. The highest BCUT2D eigenvalue weighted by Gasteiger charge is 2.27. The Morgan fingerprint density at radius 3 is 1.57 bits per heavy atom. The molecule has 0 fully saturated rings. The van der Waals surface area contributed by atoms with Gasteiger partial charge in [0.15, 0.2) is 11.6 Å². The smallest absolute Gasteiger partial charge is 0.193 e. The molecule has 0 heterocycles. The van der Waals surface area contributed by atoms with Gasteiger partial charge in [0.05, 0.1) is 5.38 Å². The number of carbonyl (C=O) groups is 2. The van der Waals surface area contributed by atoms with Crippen LogP contribution in [0.3, 0.4) is 0 Å². The molecule has 0 aliphatic heterocycles. The van der Waals surface area contributed by atoms with Crippen molar-refractivity contribution in [3.8, 4) is 5.75 Å². The van der Waals surface area contributed by atoms with E-state index in [0.29, 0.717) is 39.4 Å². The second-order valence-electron chi connectivity index (χ2n) is 9.19. The van der Waals surface area contributed by atoms with E-state index >= 15 is 0 Å². The first-order chi connectivity index (χ1) is 17.7. The summed E-state index contributed by atoms with van der Waals surface area (Å²) in [5.74, 6) is 0.544. The van der Waals surface area contributed by atoms with Crippen LogP contribution in [0.15, 0.2) is 97.1 Å². The molecule has 0 saturated carbocycles. The molecule has 2 atom stereocenters. The summed E-state index contributed by atoms with van der Waals surface area (Å²) < 4.78 is 6.39. The fraction of sp³-hybridized carbons (Fsp3) is 0.188. The first-order valence-corrected chi connectivity index (χ1v) is 13.0. The van der Waals surface area contributed by atoms with Crippen LogP contribution in [-0.2, 0) is 5.60 Å². The molecule has 0 radical (unpaired) electrons. The van der Waals surface area contributed by atoms with Gasteiger partial charge in [0.1, 0.15) is 11.4 Å². The minimum atomic E-state index is -0.610. The number of alkyl halides is 1. The fourth-order valence-electron chi connectivity index (χ4n) is 4.08. The number of hydrogen-bond donors (Lipinski definition) is 0. The third-order valence-corrected chi connectivity index (χ3v) is 7.13. The molecule has 0 spiro atoms. The van der Waals surface area contributed by atoms with Gasteiger partial charge < -0.3 is 4.74 Å². The van der Waals surface area contributed by atoms with Gasteiger partial charge in [-0.1, -0.05) is 67.1 Å². The topological polar surface area (TPSA) is 43.4 Å². The number of hydrogen-bond acceptors (Lipinski definition) is 3. The summed E-state index contributed by atoms with van der Waals surface area (Å²) in [5.41, 5.74) is 3.71. The lowest BCUT2D eigenvalue weighted by Crippen LogP contribution is -2.28. The van der Waals surface area contributed by atoms with Crippen LogP contribution in [0.25, 0.3) is 0 Å². The van der Waals surface area contributed by atoms with Crippen molar-refractivity contribution in [1.82, 2.24) is 0 Å². The summed E-state index contributed by atoms with van der Waals surface area (Å²) in [6.45, 7) is 5.97. The molecule has 5 heteroatoms. The van der Waals surface area contributed by atoms with E-state index in [1.54, 1.807) is 48.5 Å². The van der Waals surface area contributed by atoms with E-state index in [4.69, 9.17) is 27.9 Å². The molecule has 0 bridgehead atoms. The Bertz CT molecular complexity index is 1370. The number of carbonyl (C=O) groups excluding carboxylic acids is 2. The molecule has 0 saturated heterocycles. The van der Waals surface area contributed by atoms with Crippen molar-refractivity contribution in [2.75, 3.05) is 0 Å². The summed E-state index contributed by atoms with van der Waals surface area (Å²) in [4.78, 5) is 25.7. The summed E-state index contributed by atoms with van der Waals surface area (Å²) in [6, 6.07) is 28.9. The molecule has 0 aliphatic carbocycles. The Hall–Kier alpha value is -3.40. The maximum Gasteiger partial charge on any atom is 0.193 e. The molecule has 0 aliphatic rings. The fourth-order valence-corrected chi connectivity index (χ4v) is 4.35. The Balaban J connectivity index is 1.47. The number of benzene rings is 4. The van der Waals surface area contributed by atoms with Crippen molar-refractivity contribution in [2.24, 2.45) is 0 Å². The van der Waals surface area contributed by atoms with Crippen molar-refractivity contribution in [1.29, 1.82) is 0 Å². The third kappa shape index (κ3) is 6.12. The zero-order chi connectivity index (χ0) is 26.6. The van der Waals surface area contributed by atoms with E-state index in [0.717, 1.165) is 11.1 Å². The Kier molecular flexibility index (Phi) is 8.16. The first-order valence-electron chi connectivity index (χ1n) is 12.2. The van der Waals surface area contributed by atoms with Crippen LogP contribution in [-0.4, -0.2) is 11.6 Å². The second kappa shape index (κ2) is 11.3. The molecule has 4 rings (SSSR count). The summed E-state index contributed by atoms with van der Waals surface area (Å²) in [5, 5.41) is 0.490. The lowest BCUT2D eigenvalue weighted by Gasteiger charge is -2.30. The average molecular weight is 531 g/mol. The van der Waals surface area contributed by atoms with Crippen LogP contribution in [0.2, 0.25) is 5.02 Å². The number of ether oxygens (including phenoxy) is 1. The van der Waals surface area contributed by atoms with Crippen LogP contribution in [0.5, 0.6) is 5.75 Å². The van der Waals surface area contributed by atoms with E-state index in [9.17, 15) is 9.59 Å². The van der Waals surface area contributed by atoms with Gasteiger partial charge in [-0.15, -0.1) is 11.6 Å². The van der Waals surface area contributed by atoms with Crippen LogP contribution in [0, 0.1) is 0 Å². The molecule has 188 valence electrons. The Labute approximate surface area is 228 Å². The SMILES string of the molecule is CCC(C)(Oc1ccc(C(=O)c2ccc(C(C)Cl)cc2)cc1)c1ccc(C(=O)c2ccc(Cl)cc2)cc1. The molecular weight excluding hydrogens is 503 g/mol. The Morgan fingerprint density at radius 2 is 1.14 bits per heavy atom. The number of halogens is 2. The van der Waals surface area contributed by atoms with Crippen LogP contribution in [0.4, 0.5) is 0 Å². The summed E-state index contributed by atoms with van der Waals surface area (Å²) in [7, 11) is 0. The molecule has 37 heavy (non-hydrogen) atoms. The molecule has 3 nitrogen and oxygen atoms in total. The third-order valence-electron chi connectivity index (χ3n) is 6.63. The predicted molar refractivity (Wildman–Crippen MR) is 150 cm³/mol. The normalized spacial score (nSPS) is 13.4. The average Bonchev–Trinajstić information content (AvgIpc) is 2.93. The summed E-state index contributed by atoms with van der Waals surface area (Å²) >= 11 is 12.0. The molecule has 0 aromatic heterocycles. The first kappa shape index (κ1) is 26.7. The highest BCUT2D eigenvalue weighted by molar-refractivity contribution is 6.30. The zero-order valence-corrected chi connectivity index (χ0v) is 22.5. The minimum Gasteiger partial charge on any atom is -0.483 e. The maximum atomic E-state index is 12.9. The van der Waals surface area contributed by atoms with E-state index in [1.807, 2.05) is 62.4 Å². The van der Waals surface area contributed by atoms with Gasteiger partial charge in [0.25, 0.3) is 0 Å². The van der Waals surface area contributed by atoms with Crippen molar-refractivity contribution >= 4 is 34.8 Å². The monoisotopic (exact) mass is 530 g/mol. The van der Waals surface area contributed by atoms with Crippen molar-refractivity contribution in [2.45, 2.75) is 38.2 Å². The van der Waals surface area contributed by atoms with E-state index in [1.165, 1.54) is 0 Å². The van der Waals surface area contributed by atoms with Crippen LogP contribution in [0.1, 0.15) is 75.5 Å². The lowest BCUT2D eigenvalue weighted by molar-refractivity contribution is 0.0824. The standard InChI is InChI=1S/C32H28Cl2O3/c1-4-32(3,27-15-9-24(10-16-27)31(36)25-11-17-28(34)18-12-25)37-29-19-13-26(14-20-29)30(35)23-7-5-22(6-8-23)21(2)33/h5-21H,4H2,1-3H3. The minimum absolute atomic E-state index is 0.0560. The number of ketones is 2. The zero-order valence-electron chi connectivity index (χ0n) is 21.0. The van der Waals surface area contributed by atoms with Crippen LogP contribution < -0.4 is 4.74 Å². The van der Waals surface area contributed by atoms with Gasteiger partial charge in [-0.2, -0.15) is 0 Å². The molecule has 2 unspecified atom stereocenters. The summed E-state index contributed by atoms with van der Waals surface area (Å²) in [6.07, 6.45) is 0.712.